The number of amides is 2. The van der Waals surface area contributed by atoms with Gasteiger partial charge in [-0.1, -0.05) is 0 Å². The van der Waals surface area contributed by atoms with Crippen molar-refractivity contribution in [2.24, 2.45) is 0 Å². The maximum atomic E-state index is 12.3. The fourth-order valence-corrected chi connectivity index (χ4v) is 2.14. The van der Waals surface area contributed by atoms with Crippen LogP contribution in [0.25, 0.3) is 0 Å². The van der Waals surface area contributed by atoms with E-state index in [1.807, 2.05) is 6.07 Å². The van der Waals surface area contributed by atoms with E-state index >= 15 is 0 Å². The van der Waals surface area contributed by atoms with Crippen LogP contribution in [0.2, 0.25) is 0 Å². The number of rotatable bonds is 3. The molecule has 6 heteroatoms. The van der Waals surface area contributed by atoms with E-state index in [1.54, 1.807) is 20.9 Å². The molecule has 1 saturated heterocycles. The molecule has 100 valence electrons. The predicted molar refractivity (Wildman–Crippen MR) is 64.8 cm³/mol. The molecule has 1 rings (SSSR count). The number of aliphatic carboxylic acids is 1. The Kier molecular flexibility index (Phi) is 4.17. The number of likely N-dealkylation sites (tertiary alicyclic amines) is 1. The second-order valence-corrected chi connectivity index (χ2v) is 4.94. The lowest BCUT2D eigenvalue weighted by atomic mass is 9.99. The normalized spacial score (nSPS) is 24.4. The highest BCUT2D eigenvalue weighted by molar-refractivity contribution is 5.86. The molecule has 1 N–H and O–H groups in total. The number of carbonyl (C=O) groups is 2. The van der Waals surface area contributed by atoms with E-state index in [-0.39, 0.29) is 18.5 Å². The van der Waals surface area contributed by atoms with Gasteiger partial charge in [0, 0.05) is 19.6 Å². The highest BCUT2D eigenvalue weighted by atomic mass is 16.4. The van der Waals surface area contributed by atoms with Crippen molar-refractivity contribution in [3.8, 4) is 6.07 Å². The Bertz CT molecular complexity index is 391. The average Bonchev–Trinajstić information content (AvgIpc) is 2.71. The van der Waals surface area contributed by atoms with E-state index < -0.39 is 11.5 Å². The fourth-order valence-electron chi connectivity index (χ4n) is 2.14. The molecule has 0 spiro atoms. The summed E-state index contributed by atoms with van der Waals surface area (Å²) in [7, 11) is 1.60. The van der Waals surface area contributed by atoms with Gasteiger partial charge < -0.3 is 14.9 Å². The summed E-state index contributed by atoms with van der Waals surface area (Å²) in [5.74, 6) is -0.977. The van der Waals surface area contributed by atoms with Gasteiger partial charge in [0.1, 0.15) is 5.54 Å². The summed E-state index contributed by atoms with van der Waals surface area (Å²) in [5, 5.41) is 17.9. The van der Waals surface area contributed by atoms with Crippen LogP contribution in [0.3, 0.4) is 0 Å². The molecule has 0 aromatic carbocycles. The minimum Gasteiger partial charge on any atom is -0.480 e. The zero-order chi connectivity index (χ0) is 13.9. The number of carboxylic acids is 1. The Hall–Kier alpha value is -1.77. The molecule has 0 radical (unpaired) electrons. The lowest BCUT2D eigenvalue weighted by Gasteiger charge is -2.36. The van der Waals surface area contributed by atoms with Crippen LogP contribution in [0.4, 0.5) is 4.79 Å². The Morgan fingerprint density at radius 3 is 2.72 bits per heavy atom. The molecule has 0 aromatic heterocycles. The van der Waals surface area contributed by atoms with Crippen molar-refractivity contribution in [1.82, 2.24) is 9.80 Å². The Morgan fingerprint density at radius 1 is 1.61 bits per heavy atom. The summed E-state index contributed by atoms with van der Waals surface area (Å²) in [6, 6.07) is 1.47. The van der Waals surface area contributed by atoms with Crippen LogP contribution in [0.5, 0.6) is 0 Å². The lowest BCUT2D eigenvalue weighted by Crippen LogP contribution is -2.55. The molecule has 1 fully saturated rings. The lowest BCUT2D eigenvalue weighted by molar-refractivity contribution is -0.147. The zero-order valence-corrected chi connectivity index (χ0v) is 11.0. The van der Waals surface area contributed by atoms with Gasteiger partial charge in [0.2, 0.25) is 0 Å². The van der Waals surface area contributed by atoms with Gasteiger partial charge in [-0.3, -0.25) is 0 Å². The maximum absolute atomic E-state index is 12.3. The van der Waals surface area contributed by atoms with Gasteiger partial charge in [0.05, 0.1) is 12.5 Å². The molecule has 2 atom stereocenters. The van der Waals surface area contributed by atoms with Crippen LogP contribution in [0.1, 0.15) is 33.1 Å². The molecule has 6 nitrogen and oxygen atoms in total. The van der Waals surface area contributed by atoms with E-state index in [0.717, 1.165) is 0 Å². The van der Waals surface area contributed by atoms with Crippen molar-refractivity contribution >= 4 is 12.0 Å². The molecule has 0 aromatic rings. The standard InChI is InChI=1S/C12H19N3O3/c1-9(5-7-13)14(3)11(18)15-8-4-6-12(15,2)10(16)17/h9H,4-6,8H2,1-3H3,(H,16,17). The van der Waals surface area contributed by atoms with Crippen LogP contribution < -0.4 is 0 Å². The third-order valence-electron chi connectivity index (χ3n) is 3.68. The van der Waals surface area contributed by atoms with Gasteiger partial charge in [-0.25, -0.2) is 9.59 Å². The Balaban J connectivity index is 2.84. The maximum Gasteiger partial charge on any atom is 0.329 e. The smallest absolute Gasteiger partial charge is 0.329 e. The molecule has 2 unspecified atom stereocenters. The van der Waals surface area contributed by atoms with Gasteiger partial charge in [0.25, 0.3) is 0 Å². The number of hydrogen-bond acceptors (Lipinski definition) is 3. The first-order valence-corrected chi connectivity index (χ1v) is 5.99. The van der Waals surface area contributed by atoms with E-state index in [0.29, 0.717) is 19.4 Å². The van der Waals surface area contributed by atoms with E-state index in [1.165, 1.54) is 9.80 Å². The van der Waals surface area contributed by atoms with Crippen LogP contribution in [-0.2, 0) is 4.79 Å². The summed E-state index contributed by atoms with van der Waals surface area (Å²) >= 11 is 0. The van der Waals surface area contributed by atoms with E-state index in [4.69, 9.17) is 5.26 Å². The number of nitriles is 1. The summed E-state index contributed by atoms with van der Waals surface area (Å²) in [4.78, 5) is 26.4. The number of carboxylic acid groups (broad SMARTS) is 1. The van der Waals surface area contributed by atoms with Crippen molar-refractivity contribution in [2.75, 3.05) is 13.6 Å². The van der Waals surface area contributed by atoms with Crippen molar-refractivity contribution in [3.63, 3.8) is 0 Å². The Morgan fingerprint density at radius 2 is 2.22 bits per heavy atom. The third kappa shape index (κ3) is 2.40. The zero-order valence-electron chi connectivity index (χ0n) is 11.0. The number of carbonyl (C=O) groups excluding carboxylic acids is 1. The van der Waals surface area contributed by atoms with E-state index in [9.17, 15) is 14.7 Å². The molecular formula is C12H19N3O3. The molecular weight excluding hydrogens is 234 g/mol. The SMILES string of the molecule is CC(CC#N)N(C)C(=O)N1CCCC1(C)C(=O)O. The van der Waals surface area contributed by atoms with Crippen molar-refractivity contribution in [1.29, 1.82) is 5.26 Å². The van der Waals surface area contributed by atoms with Crippen molar-refractivity contribution in [2.45, 2.75) is 44.7 Å². The van der Waals surface area contributed by atoms with Gasteiger partial charge >= 0.3 is 12.0 Å². The predicted octanol–water partition coefficient (Wildman–Crippen LogP) is 1.28. The minimum absolute atomic E-state index is 0.221. The molecule has 1 aliphatic rings. The van der Waals surface area contributed by atoms with E-state index in [2.05, 4.69) is 0 Å². The average molecular weight is 253 g/mol. The molecule has 0 saturated carbocycles. The first kappa shape index (κ1) is 14.3. The third-order valence-corrected chi connectivity index (χ3v) is 3.68. The second-order valence-electron chi connectivity index (χ2n) is 4.94. The quantitative estimate of drug-likeness (QED) is 0.821. The molecule has 0 bridgehead atoms. The molecule has 1 aliphatic heterocycles. The summed E-state index contributed by atoms with van der Waals surface area (Å²) in [6.45, 7) is 3.80. The van der Waals surface area contributed by atoms with Crippen molar-refractivity contribution in [3.05, 3.63) is 0 Å². The topological polar surface area (TPSA) is 84.6 Å². The minimum atomic E-state index is -1.13. The van der Waals surface area contributed by atoms with Crippen LogP contribution >= 0.6 is 0 Å². The highest BCUT2D eigenvalue weighted by Gasteiger charge is 2.47. The first-order valence-electron chi connectivity index (χ1n) is 5.99. The molecule has 18 heavy (non-hydrogen) atoms. The van der Waals surface area contributed by atoms with Crippen LogP contribution in [0.15, 0.2) is 0 Å². The number of hydrogen-bond donors (Lipinski definition) is 1. The summed E-state index contributed by atoms with van der Waals surface area (Å²) < 4.78 is 0. The highest BCUT2D eigenvalue weighted by Crippen LogP contribution is 2.30. The van der Waals surface area contributed by atoms with Gasteiger partial charge in [-0.2, -0.15) is 5.26 Å². The van der Waals surface area contributed by atoms with Gasteiger partial charge in [-0.05, 0) is 26.7 Å². The fraction of sp³-hybridized carbons (Fsp3) is 0.750. The molecule has 0 aliphatic carbocycles. The molecule has 2 amide bonds. The van der Waals surface area contributed by atoms with Gasteiger partial charge in [-0.15, -0.1) is 0 Å². The summed E-state index contributed by atoms with van der Waals surface area (Å²) in [5.41, 5.74) is -1.13. The largest absolute Gasteiger partial charge is 0.480 e. The molecule has 1 heterocycles. The van der Waals surface area contributed by atoms with Crippen molar-refractivity contribution < 1.29 is 14.7 Å². The summed E-state index contributed by atoms with van der Waals surface area (Å²) in [6.07, 6.45) is 1.39. The monoisotopic (exact) mass is 253 g/mol. The number of urea groups is 1. The Labute approximate surface area is 107 Å². The van der Waals surface area contributed by atoms with Crippen LogP contribution in [-0.4, -0.2) is 52.1 Å². The van der Waals surface area contributed by atoms with Crippen LogP contribution in [0, 0.1) is 11.3 Å². The first-order chi connectivity index (χ1) is 8.34. The number of nitrogens with zero attached hydrogens (tertiary/aromatic N) is 3. The second kappa shape index (κ2) is 5.25. The van der Waals surface area contributed by atoms with Gasteiger partial charge in [0.15, 0.2) is 0 Å².